The van der Waals surface area contributed by atoms with Gasteiger partial charge in [0.1, 0.15) is 0 Å². The Morgan fingerprint density at radius 2 is 1.84 bits per heavy atom. The van der Waals surface area contributed by atoms with Gasteiger partial charge in [0.05, 0.1) is 0 Å². The number of benzene rings is 1. The van der Waals surface area contributed by atoms with E-state index < -0.39 is 47.6 Å². The van der Waals surface area contributed by atoms with Crippen LogP contribution in [0, 0.1) is 0 Å². The van der Waals surface area contributed by atoms with Crippen LogP contribution in [0.5, 0.6) is 5.75 Å². The maximum absolute atomic E-state index is 12.8. The number of aromatic hydroxyl groups is 1. The van der Waals surface area contributed by atoms with Crippen LogP contribution < -0.4 is 9.67 Å². The van der Waals surface area contributed by atoms with Gasteiger partial charge in [0.25, 0.3) is 0 Å². The van der Waals surface area contributed by atoms with Crippen molar-refractivity contribution in [1.82, 2.24) is 0 Å². The summed E-state index contributed by atoms with van der Waals surface area (Å²) in [6.07, 6.45) is -5.08. The minimum absolute atomic E-state index is 0.649. The predicted molar refractivity (Wildman–Crippen MR) is 57.9 cm³/mol. The summed E-state index contributed by atoms with van der Waals surface area (Å²) in [5.74, 6) is -2.40. The zero-order valence-electron chi connectivity index (χ0n) is 9.39. The summed E-state index contributed by atoms with van der Waals surface area (Å²) < 4.78 is 66.0. The second kappa shape index (κ2) is 4.91. The zero-order chi connectivity index (χ0) is 15.0. The van der Waals surface area contributed by atoms with Crippen LogP contribution >= 0.6 is 0 Å². The van der Waals surface area contributed by atoms with Crippen LogP contribution in [0.1, 0.15) is 12.5 Å². The molecular weight excluding hydrogens is 334 g/mol. The number of hydrogen-bond donors (Lipinski definition) is 4. The van der Waals surface area contributed by atoms with Crippen LogP contribution in [-0.2, 0) is 14.7 Å². The van der Waals surface area contributed by atoms with Crippen LogP contribution in [0.25, 0.3) is 0 Å². The van der Waals surface area contributed by atoms with Crippen LogP contribution in [-0.4, -0.2) is 33.4 Å². The van der Waals surface area contributed by atoms with Gasteiger partial charge in [0.2, 0.25) is 0 Å². The van der Waals surface area contributed by atoms with Gasteiger partial charge >= 0.3 is 107 Å². The van der Waals surface area contributed by atoms with Crippen molar-refractivity contribution in [3.8, 4) is 5.75 Å². The molecule has 4 N–H and O–H groups in total. The molecule has 0 unspecified atom stereocenters. The Morgan fingerprint density at radius 3 is 2.21 bits per heavy atom. The van der Waals surface area contributed by atoms with Crippen molar-refractivity contribution in [3.63, 3.8) is 0 Å². The Labute approximate surface area is 107 Å². The number of phenolic OH excluding ortho intramolecular Hbond substituents is 1. The maximum atomic E-state index is 12.8. The molecule has 0 aliphatic carbocycles. The molecule has 10 heteroatoms. The second-order valence-corrected chi connectivity index (χ2v) is 6.87. The number of halogens is 3. The number of phenols is 1. The van der Waals surface area contributed by atoms with Crippen molar-refractivity contribution in [1.29, 1.82) is 0 Å². The summed E-state index contributed by atoms with van der Waals surface area (Å²) in [7, 11) is 0. The predicted octanol–water partition coefficient (Wildman–Crippen LogP) is -0.0696. The quantitative estimate of drug-likeness (QED) is 0.563. The number of alkyl halides is 3. The van der Waals surface area contributed by atoms with Crippen molar-refractivity contribution in [3.05, 3.63) is 17.7 Å². The molecule has 1 aromatic rings. The van der Waals surface area contributed by atoms with E-state index in [1.807, 2.05) is 5.32 Å². The van der Waals surface area contributed by atoms with E-state index in [4.69, 9.17) is 8.19 Å². The van der Waals surface area contributed by atoms with Gasteiger partial charge < -0.3 is 0 Å². The van der Waals surface area contributed by atoms with E-state index in [0.29, 0.717) is 12.1 Å². The first-order chi connectivity index (χ1) is 8.44. The SMILES string of the molecule is CC(=O)Nc1ccc([As](=O)(O)O)c(O)c1C(F)(F)F. The van der Waals surface area contributed by atoms with E-state index in [2.05, 4.69) is 0 Å². The molecule has 0 heterocycles. The fraction of sp³-hybridized carbons (Fsp3) is 0.222. The summed E-state index contributed by atoms with van der Waals surface area (Å²) in [5.41, 5.74) is -2.46. The molecule has 1 amide bonds. The van der Waals surface area contributed by atoms with Crippen molar-refractivity contribution in [2.75, 3.05) is 5.32 Å². The number of anilines is 1. The number of carbonyl (C=O) groups excluding carboxylic acids is 1. The van der Waals surface area contributed by atoms with Crippen molar-refractivity contribution >= 4 is 30.1 Å². The number of nitrogens with one attached hydrogen (secondary N) is 1. The number of amides is 1. The summed E-state index contributed by atoms with van der Waals surface area (Å²) in [6, 6.07) is 1.33. The van der Waals surface area contributed by atoms with Crippen molar-refractivity contribution < 1.29 is 35.0 Å². The summed E-state index contributed by atoms with van der Waals surface area (Å²) in [4.78, 5) is 10.8. The molecule has 0 spiro atoms. The van der Waals surface area contributed by atoms with E-state index in [1.54, 1.807) is 0 Å². The van der Waals surface area contributed by atoms with E-state index in [9.17, 15) is 26.8 Å². The topological polar surface area (TPSA) is 107 Å². The number of hydrogen-bond acceptors (Lipinski definition) is 3. The van der Waals surface area contributed by atoms with E-state index >= 15 is 0 Å². The van der Waals surface area contributed by atoms with Gasteiger partial charge in [0, 0.05) is 0 Å². The second-order valence-electron chi connectivity index (χ2n) is 3.58. The number of carbonyl (C=O) groups is 1. The Hall–Kier alpha value is -1.44. The van der Waals surface area contributed by atoms with Crippen molar-refractivity contribution in [2.24, 2.45) is 0 Å². The fourth-order valence-electron chi connectivity index (χ4n) is 1.40. The molecule has 0 saturated carbocycles. The molecule has 0 fully saturated rings. The molecule has 6 nitrogen and oxygen atoms in total. The van der Waals surface area contributed by atoms with Crippen LogP contribution in [0.15, 0.2) is 12.1 Å². The molecule has 0 aromatic heterocycles. The van der Waals surface area contributed by atoms with E-state index in [-0.39, 0.29) is 0 Å². The fourth-order valence-corrected chi connectivity index (χ4v) is 2.77. The van der Waals surface area contributed by atoms with E-state index in [0.717, 1.165) is 6.92 Å². The van der Waals surface area contributed by atoms with Gasteiger partial charge in [-0.25, -0.2) is 0 Å². The molecule has 0 radical (unpaired) electrons. The molecule has 0 saturated heterocycles. The monoisotopic (exact) mass is 343 g/mol. The Balaban J connectivity index is 3.59. The van der Waals surface area contributed by atoms with Crippen LogP contribution in [0.2, 0.25) is 0 Å². The van der Waals surface area contributed by atoms with E-state index in [1.165, 1.54) is 0 Å². The Morgan fingerprint density at radius 1 is 1.32 bits per heavy atom. The third-order valence-corrected chi connectivity index (χ3v) is 4.14. The molecule has 19 heavy (non-hydrogen) atoms. The van der Waals surface area contributed by atoms with Gasteiger partial charge in [-0.15, -0.1) is 0 Å². The molecular formula is C9H9AsF3NO5. The molecule has 0 aliphatic rings. The van der Waals surface area contributed by atoms with Gasteiger partial charge in [-0.3, -0.25) is 0 Å². The summed E-state index contributed by atoms with van der Waals surface area (Å²) in [6.45, 7) is 0.956. The molecule has 0 atom stereocenters. The average molecular weight is 343 g/mol. The first kappa shape index (κ1) is 15.6. The average Bonchev–Trinajstić information content (AvgIpc) is 2.11. The summed E-state index contributed by atoms with van der Waals surface area (Å²) in [5, 5.41) is 11.2. The van der Waals surface area contributed by atoms with Gasteiger partial charge in [-0.1, -0.05) is 0 Å². The molecule has 1 aromatic carbocycles. The molecule has 1 rings (SSSR count). The Kier molecular flexibility index (Phi) is 4.04. The standard InChI is InChI=1S/C9H9AsF3NO5/c1-4(15)14-6-3-2-5(10(17,18)19)8(16)7(6)9(11,12)13/h2-3,16H,1H3,(H,14,15)(H2,17,18,19). The minimum atomic E-state index is -5.71. The third kappa shape index (κ3) is 3.52. The molecule has 0 aliphatic heterocycles. The summed E-state index contributed by atoms with van der Waals surface area (Å²) >= 11 is -5.71. The number of rotatable bonds is 2. The van der Waals surface area contributed by atoms with Crippen molar-refractivity contribution in [2.45, 2.75) is 13.1 Å². The van der Waals surface area contributed by atoms with Gasteiger partial charge in [-0.05, 0) is 0 Å². The first-order valence-electron chi connectivity index (χ1n) is 4.71. The zero-order valence-corrected chi connectivity index (χ0v) is 11.3. The first-order valence-corrected chi connectivity index (χ1v) is 8.09. The Bertz CT molecular complexity index is 566. The van der Waals surface area contributed by atoms with Gasteiger partial charge in [0.15, 0.2) is 0 Å². The third-order valence-electron chi connectivity index (χ3n) is 2.06. The molecule has 106 valence electrons. The van der Waals surface area contributed by atoms with Crippen LogP contribution in [0.4, 0.5) is 18.9 Å². The normalized spacial score (nSPS) is 12.3. The van der Waals surface area contributed by atoms with Crippen LogP contribution in [0.3, 0.4) is 0 Å². The van der Waals surface area contributed by atoms with Gasteiger partial charge in [-0.2, -0.15) is 0 Å². The molecule has 0 bridgehead atoms.